The molecule has 0 spiro atoms. The van der Waals surface area contributed by atoms with Gasteiger partial charge in [-0.05, 0) is 25.0 Å². The van der Waals surface area contributed by atoms with Gasteiger partial charge in [0.05, 0.1) is 20.9 Å². The molecule has 2 aromatic carbocycles. The SMILES string of the molecule is Fc1ccccc1C1OC2CCCN2C1c1ccccc1F.[O-][Cl+3]([O-])([O-])O. The highest BCUT2D eigenvalue weighted by molar-refractivity contribution is 5.30. The molecule has 1 N–H and O–H groups in total. The fourth-order valence-electron chi connectivity index (χ4n) is 3.65. The lowest BCUT2D eigenvalue weighted by Gasteiger charge is -2.25. The Hall–Kier alpha value is -1.65. The summed E-state index contributed by atoms with van der Waals surface area (Å²) in [4.78, 5) is 2.16. The maximum absolute atomic E-state index is 14.3. The van der Waals surface area contributed by atoms with Crippen molar-refractivity contribution in [2.75, 3.05) is 6.54 Å². The van der Waals surface area contributed by atoms with E-state index >= 15 is 0 Å². The maximum atomic E-state index is 14.3. The summed E-state index contributed by atoms with van der Waals surface area (Å²) >= 11 is 0. The molecular formula is C18H18ClF2NO5. The molecule has 2 aromatic rings. The molecule has 0 aliphatic carbocycles. The molecule has 0 saturated carbocycles. The molecule has 9 heteroatoms. The van der Waals surface area contributed by atoms with Gasteiger partial charge in [-0.3, -0.25) is 4.90 Å². The first kappa shape index (κ1) is 20.1. The van der Waals surface area contributed by atoms with Crippen LogP contribution in [0, 0.1) is 21.9 Å². The fraction of sp³-hybridized carbons (Fsp3) is 0.333. The number of hydrogen-bond acceptors (Lipinski definition) is 6. The number of fused-ring (bicyclic) bond motifs is 1. The molecule has 2 aliphatic rings. The van der Waals surface area contributed by atoms with Crippen LogP contribution in [0.3, 0.4) is 0 Å². The summed E-state index contributed by atoms with van der Waals surface area (Å²) in [6, 6.07) is 13.1. The topological polar surface area (TPSA) is 102 Å². The van der Waals surface area contributed by atoms with Gasteiger partial charge in [-0.15, -0.1) is 0 Å². The average Bonchev–Trinajstić information content (AvgIpc) is 3.15. The molecule has 6 nitrogen and oxygen atoms in total. The van der Waals surface area contributed by atoms with E-state index in [1.54, 1.807) is 30.3 Å². The zero-order valence-corrected chi connectivity index (χ0v) is 14.9. The van der Waals surface area contributed by atoms with Gasteiger partial charge in [-0.2, -0.15) is 14.0 Å². The molecule has 3 unspecified atom stereocenters. The molecule has 3 atom stereocenters. The molecule has 0 aromatic heterocycles. The van der Waals surface area contributed by atoms with Crippen molar-refractivity contribution in [1.82, 2.24) is 4.90 Å². The van der Waals surface area contributed by atoms with Crippen LogP contribution < -0.4 is 14.0 Å². The number of ether oxygens (including phenoxy) is 1. The predicted octanol–water partition coefficient (Wildman–Crippen LogP) is 0.0753. The normalized spacial score (nSPS) is 25.0. The predicted molar refractivity (Wildman–Crippen MR) is 81.3 cm³/mol. The Bertz CT molecular complexity index is 782. The van der Waals surface area contributed by atoms with E-state index in [4.69, 9.17) is 23.4 Å². The van der Waals surface area contributed by atoms with Gasteiger partial charge in [-0.25, -0.2) is 8.78 Å². The lowest BCUT2D eigenvalue weighted by atomic mass is 9.94. The number of halogens is 3. The minimum atomic E-state index is -4.69. The third-order valence-electron chi connectivity index (χ3n) is 4.62. The summed E-state index contributed by atoms with van der Waals surface area (Å²) < 4.78 is 67.3. The van der Waals surface area contributed by atoms with Gasteiger partial charge in [0.1, 0.15) is 24.0 Å². The lowest BCUT2D eigenvalue weighted by Crippen LogP contribution is -2.58. The van der Waals surface area contributed by atoms with E-state index in [1.807, 2.05) is 6.07 Å². The van der Waals surface area contributed by atoms with Crippen LogP contribution >= 0.6 is 0 Å². The molecular weight excluding hydrogens is 384 g/mol. The largest absolute Gasteiger partial charge is 0.353 e. The second-order valence-electron chi connectivity index (χ2n) is 6.28. The van der Waals surface area contributed by atoms with E-state index in [-0.39, 0.29) is 23.9 Å². The Labute approximate surface area is 157 Å². The summed E-state index contributed by atoms with van der Waals surface area (Å²) in [6.07, 6.45) is 1.42. The van der Waals surface area contributed by atoms with Crippen molar-refractivity contribution in [1.29, 1.82) is 0 Å². The van der Waals surface area contributed by atoms with Crippen LogP contribution in [0.5, 0.6) is 0 Å². The minimum absolute atomic E-state index is 0.0470. The van der Waals surface area contributed by atoms with Crippen LogP contribution in [0.15, 0.2) is 48.5 Å². The van der Waals surface area contributed by atoms with Gasteiger partial charge < -0.3 is 4.74 Å². The van der Waals surface area contributed by atoms with Gasteiger partial charge in [0.25, 0.3) is 0 Å². The Morgan fingerprint density at radius 2 is 1.48 bits per heavy atom. The molecule has 2 saturated heterocycles. The zero-order chi connectivity index (χ0) is 19.6. The van der Waals surface area contributed by atoms with Crippen LogP contribution in [0.4, 0.5) is 8.78 Å². The Morgan fingerprint density at radius 1 is 0.963 bits per heavy atom. The summed E-state index contributed by atoms with van der Waals surface area (Å²) in [5.41, 5.74) is 1.09. The van der Waals surface area contributed by atoms with Crippen molar-refractivity contribution >= 4 is 0 Å². The first-order valence-corrected chi connectivity index (χ1v) is 9.55. The minimum Gasteiger partial charge on any atom is -0.353 e. The molecule has 2 heterocycles. The maximum Gasteiger partial charge on any atom is 0.129 e. The third kappa shape index (κ3) is 4.80. The molecule has 0 bridgehead atoms. The highest BCUT2D eigenvalue weighted by Crippen LogP contribution is 2.49. The summed E-state index contributed by atoms with van der Waals surface area (Å²) in [5, 5.41) is 0. The van der Waals surface area contributed by atoms with E-state index in [1.165, 1.54) is 12.1 Å². The molecule has 2 aliphatic heterocycles. The third-order valence-corrected chi connectivity index (χ3v) is 4.62. The van der Waals surface area contributed by atoms with Crippen molar-refractivity contribution in [2.24, 2.45) is 0 Å². The van der Waals surface area contributed by atoms with E-state index in [9.17, 15) is 8.78 Å². The average molecular weight is 402 g/mol. The van der Waals surface area contributed by atoms with E-state index in [2.05, 4.69) is 4.90 Å². The van der Waals surface area contributed by atoms with Crippen molar-refractivity contribution < 1.29 is 42.4 Å². The molecule has 146 valence electrons. The van der Waals surface area contributed by atoms with E-state index in [0.29, 0.717) is 11.1 Å². The van der Waals surface area contributed by atoms with Gasteiger partial charge in [0.15, 0.2) is 0 Å². The van der Waals surface area contributed by atoms with Gasteiger partial charge >= 0.3 is 0 Å². The molecule has 2 fully saturated rings. The number of benzene rings is 2. The quantitative estimate of drug-likeness (QED) is 0.764. The molecule has 4 rings (SSSR count). The number of nitrogens with zero attached hydrogens (tertiary/aromatic N) is 1. The van der Waals surface area contributed by atoms with Crippen LogP contribution in [0.25, 0.3) is 0 Å². The summed E-state index contributed by atoms with van der Waals surface area (Å²) in [7, 11) is -4.69. The van der Waals surface area contributed by atoms with Crippen molar-refractivity contribution in [2.45, 2.75) is 31.2 Å². The Kier molecular flexibility index (Phi) is 6.07. The summed E-state index contributed by atoms with van der Waals surface area (Å²) in [5.74, 6) is -0.556. The number of rotatable bonds is 2. The highest BCUT2D eigenvalue weighted by Gasteiger charge is 2.47. The first-order chi connectivity index (χ1) is 12.8. The Balaban J connectivity index is 0.000000376. The standard InChI is InChI=1S/C18H17F2NO.ClHO4/c19-14-8-3-1-6-12(14)17-18(13-7-2-4-9-15(13)20)22-16-10-5-11-21(16)17;2-1(3,4)5/h1-4,6-9,16-18H,5,10-11H2;(H,2,3,4,5). The Morgan fingerprint density at radius 3 is 2.04 bits per heavy atom. The van der Waals surface area contributed by atoms with Crippen molar-refractivity contribution in [3.63, 3.8) is 0 Å². The van der Waals surface area contributed by atoms with Gasteiger partial charge in [-0.1, -0.05) is 36.4 Å². The fourth-order valence-corrected chi connectivity index (χ4v) is 3.65. The first-order valence-electron chi connectivity index (χ1n) is 8.29. The number of hydrogen-bond donors (Lipinski definition) is 1. The van der Waals surface area contributed by atoms with E-state index < -0.39 is 16.3 Å². The van der Waals surface area contributed by atoms with Crippen LogP contribution in [0.1, 0.15) is 36.1 Å². The molecule has 27 heavy (non-hydrogen) atoms. The van der Waals surface area contributed by atoms with Crippen molar-refractivity contribution in [3.05, 3.63) is 71.3 Å². The van der Waals surface area contributed by atoms with Crippen LogP contribution in [-0.2, 0) is 4.74 Å². The monoisotopic (exact) mass is 401 g/mol. The molecule has 0 amide bonds. The van der Waals surface area contributed by atoms with E-state index in [0.717, 1.165) is 19.4 Å². The van der Waals surface area contributed by atoms with Crippen molar-refractivity contribution in [3.8, 4) is 0 Å². The van der Waals surface area contributed by atoms with Gasteiger partial charge in [0.2, 0.25) is 0 Å². The highest BCUT2D eigenvalue weighted by atomic mass is 35.7. The van der Waals surface area contributed by atoms with Crippen LogP contribution in [0.2, 0.25) is 0 Å². The molecule has 0 radical (unpaired) electrons. The zero-order valence-electron chi connectivity index (χ0n) is 14.1. The van der Waals surface area contributed by atoms with Gasteiger partial charge in [0, 0.05) is 17.7 Å². The van der Waals surface area contributed by atoms with Crippen LogP contribution in [-0.4, -0.2) is 22.3 Å². The summed E-state index contributed by atoms with van der Waals surface area (Å²) in [6.45, 7) is 0.856. The smallest absolute Gasteiger partial charge is 0.129 e. The second-order valence-corrected chi connectivity index (χ2v) is 7.07. The second kappa shape index (κ2) is 8.15. The lowest BCUT2D eigenvalue weighted by molar-refractivity contribution is -1.92.